The Kier molecular flexibility index (Phi) is 7.23. The van der Waals surface area contributed by atoms with Crippen molar-refractivity contribution in [3.8, 4) is 0 Å². The van der Waals surface area contributed by atoms with E-state index in [0.29, 0.717) is 0 Å². The van der Waals surface area contributed by atoms with E-state index in [2.05, 4.69) is 51.7 Å². The normalized spacial score (nSPS) is 19.9. The molecule has 1 aromatic rings. The third-order valence-electron chi connectivity index (χ3n) is 4.44. The number of guanidine groups is 1. The molecule has 2 rings (SSSR count). The summed E-state index contributed by atoms with van der Waals surface area (Å²) in [7, 11) is 1.83. The van der Waals surface area contributed by atoms with E-state index in [9.17, 15) is 0 Å². The highest BCUT2D eigenvalue weighted by atomic mass is 15.2. The van der Waals surface area contributed by atoms with Crippen molar-refractivity contribution in [3.05, 3.63) is 35.9 Å². The lowest BCUT2D eigenvalue weighted by Crippen LogP contribution is -2.45. The van der Waals surface area contributed by atoms with Gasteiger partial charge in [-0.1, -0.05) is 43.7 Å². The molecule has 0 amide bonds. The number of hydrogen-bond donors (Lipinski definition) is 2. The number of benzene rings is 1. The Bertz CT molecular complexity index is 444. The van der Waals surface area contributed by atoms with E-state index in [1.54, 1.807) is 0 Å². The summed E-state index contributed by atoms with van der Waals surface area (Å²) < 4.78 is 0. The largest absolute Gasteiger partial charge is 0.355 e. The van der Waals surface area contributed by atoms with Crippen LogP contribution in [0.1, 0.15) is 38.2 Å². The van der Waals surface area contributed by atoms with Gasteiger partial charge in [0.25, 0.3) is 0 Å². The van der Waals surface area contributed by atoms with E-state index in [-0.39, 0.29) is 0 Å². The van der Waals surface area contributed by atoms with Crippen molar-refractivity contribution >= 4 is 5.96 Å². The third-order valence-corrected chi connectivity index (χ3v) is 4.44. The molecule has 1 aliphatic heterocycles. The topological polar surface area (TPSA) is 39.7 Å². The number of nitrogens with zero attached hydrogens (tertiary/aromatic N) is 2. The number of rotatable bonds is 6. The van der Waals surface area contributed by atoms with Gasteiger partial charge in [0, 0.05) is 32.7 Å². The number of piperidine rings is 1. The maximum atomic E-state index is 4.30. The average Bonchev–Trinajstić information content (AvgIpc) is 2.59. The monoisotopic (exact) mass is 302 g/mol. The fourth-order valence-electron chi connectivity index (χ4n) is 3.14. The average molecular weight is 302 g/mol. The van der Waals surface area contributed by atoms with E-state index < -0.39 is 0 Å². The molecule has 1 aromatic carbocycles. The zero-order valence-electron chi connectivity index (χ0n) is 14.0. The summed E-state index contributed by atoms with van der Waals surface area (Å²) in [6.45, 7) is 6.41. The second kappa shape index (κ2) is 9.46. The van der Waals surface area contributed by atoms with Gasteiger partial charge in [-0.05, 0) is 31.4 Å². The molecule has 2 N–H and O–H groups in total. The molecule has 1 fully saturated rings. The Hall–Kier alpha value is -1.55. The number of likely N-dealkylation sites (tertiary alicyclic amines) is 1. The molecule has 22 heavy (non-hydrogen) atoms. The van der Waals surface area contributed by atoms with Crippen molar-refractivity contribution in [2.24, 2.45) is 4.99 Å². The van der Waals surface area contributed by atoms with Gasteiger partial charge in [-0.3, -0.25) is 9.89 Å². The van der Waals surface area contributed by atoms with E-state index in [1.165, 1.54) is 37.8 Å². The van der Waals surface area contributed by atoms with Gasteiger partial charge in [0.15, 0.2) is 5.96 Å². The molecule has 0 aromatic heterocycles. The van der Waals surface area contributed by atoms with Crippen LogP contribution in [0.15, 0.2) is 35.3 Å². The van der Waals surface area contributed by atoms with Crippen LogP contribution in [0.4, 0.5) is 0 Å². The highest BCUT2D eigenvalue weighted by Gasteiger charge is 2.19. The Morgan fingerprint density at radius 3 is 2.77 bits per heavy atom. The number of aliphatic imine (C=N–C) groups is 1. The van der Waals surface area contributed by atoms with Gasteiger partial charge in [-0.2, -0.15) is 0 Å². The molecule has 0 saturated carbocycles. The third kappa shape index (κ3) is 5.34. The predicted octanol–water partition coefficient (Wildman–Crippen LogP) is 2.62. The Morgan fingerprint density at radius 2 is 2.05 bits per heavy atom. The number of hydrogen-bond acceptors (Lipinski definition) is 2. The van der Waals surface area contributed by atoms with Gasteiger partial charge < -0.3 is 10.6 Å². The van der Waals surface area contributed by atoms with Crippen LogP contribution in [0.25, 0.3) is 0 Å². The Labute approximate surface area is 135 Å². The van der Waals surface area contributed by atoms with E-state index >= 15 is 0 Å². The van der Waals surface area contributed by atoms with Crippen LogP contribution in [0, 0.1) is 0 Å². The lowest BCUT2D eigenvalue weighted by atomic mass is 10.0. The fraction of sp³-hybridized carbons (Fsp3) is 0.611. The van der Waals surface area contributed by atoms with Crippen molar-refractivity contribution in [1.82, 2.24) is 15.5 Å². The molecule has 1 aliphatic rings. The van der Waals surface area contributed by atoms with Gasteiger partial charge >= 0.3 is 0 Å². The summed E-state index contributed by atoms with van der Waals surface area (Å²) in [5.41, 5.74) is 1.27. The molecule has 0 aliphatic carbocycles. The van der Waals surface area contributed by atoms with E-state index in [1.807, 2.05) is 13.1 Å². The van der Waals surface area contributed by atoms with Crippen LogP contribution in [0.5, 0.6) is 0 Å². The SMILES string of the molecule is CCC1CCCCN1CCNC(=NC)NCc1ccccc1. The Morgan fingerprint density at radius 1 is 1.23 bits per heavy atom. The van der Waals surface area contributed by atoms with Gasteiger partial charge in [0.05, 0.1) is 0 Å². The fourth-order valence-corrected chi connectivity index (χ4v) is 3.14. The van der Waals surface area contributed by atoms with Gasteiger partial charge in [0.2, 0.25) is 0 Å². The second-order valence-corrected chi connectivity index (χ2v) is 5.93. The van der Waals surface area contributed by atoms with Gasteiger partial charge in [0.1, 0.15) is 0 Å². The van der Waals surface area contributed by atoms with E-state index in [0.717, 1.165) is 31.6 Å². The molecule has 4 heteroatoms. The van der Waals surface area contributed by atoms with Crippen molar-refractivity contribution in [2.75, 3.05) is 26.7 Å². The van der Waals surface area contributed by atoms with Crippen LogP contribution >= 0.6 is 0 Å². The van der Waals surface area contributed by atoms with Crippen LogP contribution in [-0.2, 0) is 6.54 Å². The van der Waals surface area contributed by atoms with Crippen LogP contribution < -0.4 is 10.6 Å². The maximum absolute atomic E-state index is 4.30. The van der Waals surface area contributed by atoms with Crippen molar-refractivity contribution in [1.29, 1.82) is 0 Å². The Balaban J connectivity index is 1.70. The molecule has 1 heterocycles. The summed E-state index contributed by atoms with van der Waals surface area (Å²) in [5, 5.41) is 6.80. The van der Waals surface area contributed by atoms with Crippen LogP contribution in [0.2, 0.25) is 0 Å². The first-order valence-electron chi connectivity index (χ1n) is 8.56. The highest BCUT2D eigenvalue weighted by molar-refractivity contribution is 5.79. The minimum atomic E-state index is 0.773. The molecular formula is C18H30N4. The summed E-state index contributed by atoms with van der Waals surface area (Å²) >= 11 is 0. The van der Waals surface area contributed by atoms with Gasteiger partial charge in [-0.25, -0.2) is 0 Å². The highest BCUT2D eigenvalue weighted by Crippen LogP contribution is 2.18. The molecule has 122 valence electrons. The van der Waals surface area contributed by atoms with Crippen molar-refractivity contribution in [3.63, 3.8) is 0 Å². The van der Waals surface area contributed by atoms with Crippen LogP contribution in [-0.4, -0.2) is 43.6 Å². The summed E-state index contributed by atoms with van der Waals surface area (Å²) in [6, 6.07) is 11.2. The summed E-state index contributed by atoms with van der Waals surface area (Å²) in [6.07, 6.45) is 5.36. The maximum Gasteiger partial charge on any atom is 0.191 e. The standard InChI is InChI=1S/C18H30N4/c1-3-17-11-7-8-13-22(17)14-12-20-18(19-2)21-15-16-9-5-4-6-10-16/h4-6,9-10,17H,3,7-8,11-15H2,1-2H3,(H2,19,20,21). The minimum absolute atomic E-state index is 0.773. The quantitative estimate of drug-likeness (QED) is 0.627. The molecular weight excluding hydrogens is 272 g/mol. The zero-order valence-corrected chi connectivity index (χ0v) is 14.0. The van der Waals surface area contributed by atoms with Crippen molar-refractivity contribution in [2.45, 2.75) is 45.2 Å². The van der Waals surface area contributed by atoms with Gasteiger partial charge in [-0.15, -0.1) is 0 Å². The molecule has 0 bridgehead atoms. The first-order valence-corrected chi connectivity index (χ1v) is 8.56. The zero-order chi connectivity index (χ0) is 15.6. The molecule has 0 radical (unpaired) electrons. The smallest absolute Gasteiger partial charge is 0.191 e. The number of nitrogens with one attached hydrogen (secondary N) is 2. The first-order chi connectivity index (χ1) is 10.8. The summed E-state index contributed by atoms with van der Waals surface area (Å²) in [4.78, 5) is 6.93. The molecule has 4 nitrogen and oxygen atoms in total. The minimum Gasteiger partial charge on any atom is -0.355 e. The first kappa shape index (κ1) is 16.8. The van der Waals surface area contributed by atoms with E-state index in [4.69, 9.17) is 0 Å². The predicted molar refractivity (Wildman–Crippen MR) is 94.1 cm³/mol. The van der Waals surface area contributed by atoms with Crippen LogP contribution in [0.3, 0.4) is 0 Å². The lowest BCUT2D eigenvalue weighted by molar-refractivity contribution is 0.147. The summed E-state index contributed by atoms with van der Waals surface area (Å²) in [5.74, 6) is 0.883. The molecule has 0 spiro atoms. The molecule has 1 atom stereocenters. The lowest BCUT2D eigenvalue weighted by Gasteiger charge is -2.35. The molecule has 1 saturated heterocycles. The molecule has 1 unspecified atom stereocenters. The van der Waals surface area contributed by atoms with Crippen molar-refractivity contribution < 1.29 is 0 Å². The second-order valence-electron chi connectivity index (χ2n) is 5.93.